The van der Waals surface area contributed by atoms with Crippen molar-refractivity contribution in [2.75, 3.05) is 19.5 Å². The number of guanidine groups is 1. The zero-order valence-corrected chi connectivity index (χ0v) is 13.1. The van der Waals surface area contributed by atoms with Crippen molar-refractivity contribution in [3.63, 3.8) is 0 Å². The summed E-state index contributed by atoms with van der Waals surface area (Å²) in [5, 5.41) is 3.04. The largest absolute Gasteiger partial charge is 0.496 e. The normalized spacial score (nSPS) is 11.1. The van der Waals surface area contributed by atoms with E-state index in [-0.39, 0.29) is 0 Å². The summed E-state index contributed by atoms with van der Waals surface area (Å²) in [4.78, 5) is 4.34. The number of hydrogen-bond donors (Lipinski definition) is 2. The van der Waals surface area contributed by atoms with Gasteiger partial charge in [-0.1, -0.05) is 24.3 Å². The third kappa shape index (κ3) is 3.91. The Labute approximate surface area is 130 Å². The maximum Gasteiger partial charge on any atom is 0.193 e. The van der Waals surface area contributed by atoms with Gasteiger partial charge < -0.3 is 20.5 Å². The number of aryl methyl sites for hydroxylation is 1. The summed E-state index contributed by atoms with van der Waals surface area (Å²) >= 11 is 0. The second kappa shape index (κ2) is 7.36. The molecule has 0 atom stereocenters. The first-order valence-corrected chi connectivity index (χ1v) is 6.97. The van der Waals surface area contributed by atoms with Crippen molar-refractivity contribution in [1.29, 1.82) is 0 Å². The maximum absolute atomic E-state index is 5.93. The number of rotatable bonds is 5. The zero-order chi connectivity index (χ0) is 15.9. The molecule has 0 unspecified atom stereocenters. The molecule has 0 spiro atoms. The number of para-hydroxylation sites is 2. The molecule has 116 valence electrons. The fourth-order valence-corrected chi connectivity index (χ4v) is 2.06. The van der Waals surface area contributed by atoms with Crippen molar-refractivity contribution >= 4 is 11.6 Å². The van der Waals surface area contributed by atoms with Crippen LogP contribution < -0.4 is 20.5 Å². The monoisotopic (exact) mass is 299 g/mol. The van der Waals surface area contributed by atoms with Crippen molar-refractivity contribution in [3.05, 3.63) is 53.6 Å². The van der Waals surface area contributed by atoms with Gasteiger partial charge in [0.1, 0.15) is 11.5 Å². The van der Waals surface area contributed by atoms with Crippen LogP contribution in [0, 0.1) is 6.92 Å². The summed E-state index contributed by atoms with van der Waals surface area (Å²) < 4.78 is 10.6. The molecule has 0 bridgehead atoms. The Kier molecular flexibility index (Phi) is 5.25. The molecule has 0 saturated heterocycles. The Bertz CT molecular complexity index is 669. The first kappa shape index (κ1) is 15.7. The third-order valence-corrected chi connectivity index (χ3v) is 3.27. The third-order valence-electron chi connectivity index (χ3n) is 3.27. The molecule has 2 aromatic carbocycles. The van der Waals surface area contributed by atoms with Crippen LogP contribution in [0.25, 0.3) is 0 Å². The minimum absolute atomic E-state index is 0.337. The van der Waals surface area contributed by atoms with E-state index in [1.165, 1.54) is 0 Å². The average Bonchev–Trinajstić information content (AvgIpc) is 2.54. The number of aliphatic imine (C=N–C) groups is 1. The highest BCUT2D eigenvalue weighted by Gasteiger charge is 2.03. The number of benzene rings is 2. The summed E-state index contributed by atoms with van der Waals surface area (Å²) in [6, 6.07) is 13.5. The van der Waals surface area contributed by atoms with Crippen LogP contribution in [0.2, 0.25) is 0 Å². The number of ether oxygens (including phenoxy) is 2. The number of hydrogen-bond acceptors (Lipinski definition) is 3. The van der Waals surface area contributed by atoms with Crippen LogP contribution >= 0.6 is 0 Å². The van der Waals surface area contributed by atoms with E-state index in [0.717, 1.165) is 28.3 Å². The lowest BCUT2D eigenvalue weighted by Crippen LogP contribution is -2.22. The van der Waals surface area contributed by atoms with Gasteiger partial charge in [0.05, 0.1) is 26.5 Å². The predicted octanol–water partition coefficient (Wildman–Crippen LogP) is 2.94. The molecule has 22 heavy (non-hydrogen) atoms. The lowest BCUT2D eigenvalue weighted by atomic mass is 10.1. The minimum atomic E-state index is 0.337. The summed E-state index contributed by atoms with van der Waals surface area (Å²) in [6.45, 7) is 2.48. The molecule has 0 aliphatic heterocycles. The van der Waals surface area contributed by atoms with Crippen LogP contribution in [0.3, 0.4) is 0 Å². The van der Waals surface area contributed by atoms with Crippen LogP contribution in [0.1, 0.15) is 11.1 Å². The van der Waals surface area contributed by atoms with E-state index in [4.69, 9.17) is 15.2 Å². The highest BCUT2D eigenvalue weighted by atomic mass is 16.5. The number of anilines is 1. The van der Waals surface area contributed by atoms with Crippen molar-refractivity contribution in [2.45, 2.75) is 13.5 Å². The second-order valence-electron chi connectivity index (χ2n) is 4.83. The van der Waals surface area contributed by atoms with Gasteiger partial charge >= 0.3 is 0 Å². The van der Waals surface area contributed by atoms with Crippen molar-refractivity contribution < 1.29 is 9.47 Å². The molecular formula is C17H21N3O2. The standard InChI is InChI=1S/C17H21N3O2/c1-12-8-9-13(10-16(12)22-3)11-19-17(18)20-14-6-4-5-7-15(14)21-2/h4-10H,11H2,1-3H3,(H3,18,19,20). The molecule has 2 rings (SSSR count). The van der Waals surface area contributed by atoms with Gasteiger partial charge in [-0.15, -0.1) is 0 Å². The van der Waals surface area contributed by atoms with Crippen LogP contribution in [0.15, 0.2) is 47.5 Å². The molecular weight excluding hydrogens is 278 g/mol. The summed E-state index contributed by atoms with van der Waals surface area (Å²) in [6.07, 6.45) is 0. The van der Waals surface area contributed by atoms with E-state index < -0.39 is 0 Å². The van der Waals surface area contributed by atoms with Gasteiger partial charge in [-0.25, -0.2) is 4.99 Å². The summed E-state index contributed by atoms with van der Waals surface area (Å²) in [7, 11) is 3.28. The molecule has 0 saturated carbocycles. The van der Waals surface area contributed by atoms with E-state index in [9.17, 15) is 0 Å². The van der Waals surface area contributed by atoms with Crippen molar-refractivity contribution in [1.82, 2.24) is 0 Å². The minimum Gasteiger partial charge on any atom is -0.496 e. The Morgan fingerprint density at radius 2 is 1.82 bits per heavy atom. The van der Waals surface area contributed by atoms with Crippen LogP contribution in [-0.4, -0.2) is 20.2 Å². The molecule has 0 heterocycles. The van der Waals surface area contributed by atoms with Crippen molar-refractivity contribution in [3.8, 4) is 11.5 Å². The molecule has 2 aromatic rings. The highest BCUT2D eigenvalue weighted by Crippen LogP contribution is 2.23. The first-order chi connectivity index (χ1) is 10.6. The number of nitrogens with zero attached hydrogens (tertiary/aromatic N) is 1. The molecule has 5 heteroatoms. The fraction of sp³-hybridized carbons (Fsp3) is 0.235. The first-order valence-electron chi connectivity index (χ1n) is 6.97. The number of nitrogens with one attached hydrogen (secondary N) is 1. The van der Waals surface area contributed by atoms with E-state index in [0.29, 0.717) is 12.5 Å². The van der Waals surface area contributed by atoms with Gasteiger partial charge in [0.25, 0.3) is 0 Å². The molecule has 0 amide bonds. The summed E-state index contributed by atoms with van der Waals surface area (Å²) in [5.41, 5.74) is 8.84. The second-order valence-corrected chi connectivity index (χ2v) is 4.83. The zero-order valence-electron chi connectivity index (χ0n) is 13.1. The van der Waals surface area contributed by atoms with Crippen LogP contribution in [0.4, 0.5) is 5.69 Å². The molecule has 0 aromatic heterocycles. The molecule has 3 N–H and O–H groups in total. The average molecular weight is 299 g/mol. The molecule has 0 aliphatic rings. The van der Waals surface area contributed by atoms with E-state index in [1.807, 2.05) is 49.4 Å². The maximum atomic E-state index is 5.93. The van der Waals surface area contributed by atoms with E-state index >= 15 is 0 Å². The molecule has 5 nitrogen and oxygen atoms in total. The summed E-state index contributed by atoms with van der Waals surface area (Å²) in [5.74, 6) is 1.91. The fourth-order valence-electron chi connectivity index (χ4n) is 2.06. The Hall–Kier alpha value is -2.69. The lowest BCUT2D eigenvalue weighted by Gasteiger charge is -2.10. The smallest absolute Gasteiger partial charge is 0.193 e. The van der Waals surface area contributed by atoms with Crippen molar-refractivity contribution in [2.24, 2.45) is 10.7 Å². The van der Waals surface area contributed by atoms with Gasteiger partial charge in [0.15, 0.2) is 5.96 Å². The van der Waals surface area contributed by atoms with E-state index in [1.54, 1.807) is 14.2 Å². The predicted molar refractivity (Wildman–Crippen MR) is 89.7 cm³/mol. The Morgan fingerprint density at radius 1 is 1.09 bits per heavy atom. The van der Waals surface area contributed by atoms with Gasteiger partial charge in [-0.3, -0.25) is 0 Å². The van der Waals surface area contributed by atoms with E-state index in [2.05, 4.69) is 10.3 Å². The molecule has 0 aliphatic carbocycles. The highest BCUT2D eigenvalue weighted by molar-refractivity contribution is 5.93. The molecule has 0 radical (unpaired) electrons. The number of nitrogens with two attached hydrogens (primary N) is 1. The van der Waals surface area contributed by atoms with Crippen LogP contribution in [0.5, 0.6) is 11.5 Å². The van der Waals surface area contributed by atoms with Gasteiger partial charge in [-0.2, -0.15) is 0 Å². The van der Waals surface area contributed by atoms with Gasteiger partial charge in [0.2, 0.25) is 0 Å². The SMILES string of the molecule is COc1cc(CN=C(N)Nc2ccccc2OC)ccc1C. The topological polar surface area (TPSA) is 68.9 Å². The van der Waals surface area contributed by atoms with Gasteiger partial charge in [0, 0.05) is 0 Å². The lowest BCUT2D eigenvalue weighted by molar-refractivity contribution is 0.411. The molecule has 0 fully saturated rings. The Balaban J connectivity index is 2.06. The Morgan fingerprint density at radius 3 is 2.55 bits per heavy atom. The quantitative estimate of drug-likeness (QED) is 0.658. The van der Waals surface area contributed by atoms with Crippen LogP contribution in [-0.2, 0) is 6.54 Å². The van der Waals surface area contributed by atoms with Gasteiger partial charge in [-0.05, 0) is 36.2 Å². The number of methoxy groups -OCH3 is 2.